The van der Waals surface area contributed by atoms with Crippen molar-refractivity contribution in [1.82, 2.24) is 5.06 Å². The second-order valence-electron chi connectivity index (χ2n) is 2.70. The van der Waals surface area contributed by atoms with E-state index >= 15 is 0 Å². The summed E-state index contributed by atoms with van der Waals surface area (Å²) in [5, 5.41) is 9.48. The van der Waals surface area contributed by atoms with Crippen LogP contribution in [0.3, 0.4) is 0 Å². The predicted octanol–water partition coefficient (Wildman–Crippen LogP) is 1.22. The molecular formula is C7H11NO5. The first-order chi connectivity index (χ1) is 6.18. The van der Waals surface area contributed by atoms with E-state index in [9.17, 15) is 9.59 Å². The summed E-state index contributed by atoms with van der Waals surface area (Å²) in [7, 11) is 0. The number of piperidine rings is 1. The minimum Gasteiger partial charge on any atom is -0.449 e. The van der Waals surface area contributed by atoms with Crippen molar-refractivity contribution < 1.29 is 24.3 Å². The van der Waals surface area contributed by atoms with Gasteiger partial charge in [-0.05, 0) is 12.8 Å². The number of carboxylic acid groups (broad SMARTS) is 1. The Kier molecular flexibility index (Phi) is 3.51. The van der Waals surface area contributed by atoms with Crippen molar-refractivity contribution in [2.45, 2.75) is 19.3 Å². The van der Waals surface area contributed by atoms with Crippen LogP contribution >= 0.6 is 0 Å². The van der Waals surface area contributed by atoms with E-state index in [1.807, 2.05) is 0 Å². The van der Waals surface area contributed by atoms with Gasteiger partial charge in [0.2, 0.25) is 0 Å². The van der Waals surface area contributed by atoms with Gasteiger partial charge in [-0.25, -0.2) is 9.59 Å². The molecule has 1 saturated heterocycles. The number of carbonyl (C=O) groups is 2. The summed E-state index contributed by atoms with van der Waals surface area (Å²) >= 11 is 0. The van der Waals surface area contributed by atoms with Crippen LogP contribution in [0, 0.1) is 0 Å². The number of nitrogens with zero attached hydrogens (tertiary/aromatic N) is 1. The van der Waals surface area contributed by atoms with Crippen LogP contribution in [0.2, 0.25) is 0 Å². The average molecular weight is 189 g/mol. The van der Waals surface area contributed by atoms with E-state index in [4.69, 9.17) is 5.11 Å². The SMILES string of the molecule is O=C(O)OC(=O)ON1CCCCC1. The molecule has 0 aromatic carbocycles. The maximum absolute atomic E-state index is 10.7. The molecular weight excluding hydrogens is 178 g/mol. The Labute approximate surface area is 75.0 Å². The van der Waals surface area contributed by atoms with E-state index < -0.39 is 12.3 Å². The Hall–Kier alpha value is -1.30. The zero-order valence-electron chi connectivity index (χ0n) is 7.06. The highest BCUT2D eigenvalue weighted by molar-refractivity contribution is 5.75. The fourth-order valence-corrected chi connectivity index (χ4v) is 1.15. The van der Waals surface area contributed by atoms with E-state index in [2.05, 4.69) is 9.57 Å². The molecule has 0 bridgehead atoms. The van der Waals surface area contributed by atoms with Crippen molar-refractivity contribution in [3.05, 3.63) is 0 Å². The number of hydroxylamine groups is 2. The second kappa shape index (κ2) is 4.66. The first kappa shape index (κ1) is 9.79. The highest BCUT2D eigenvalue weighted by Gasteiger charge is 2.17. The maximum atomic E-state index is 10.7. The molecule has 6 nitrogen and oxygen atoms in total. The lowest BCUT2D eigenvalue weighted by atomic mass is 10.2. The van der Waals surface area contributed by atoms with E-state index in [0.29, 0.717) is 13.1 Å². The van der Waals surface area contributed by atoms with Crippen LogP contribution in [0.1, 0.15) is 19.3 Å². The highest BCUT2D eigenvalue weighted by atomic mass is 16.9. The molecule has 0 aromatic rings. The summed E-state index contributed by atoms with van der Waals surface area (Å²) in [6, 6.07) is 0. The van der Waals surface area contributed by atoms with Gasteiger partial charge < -0.3 is 14.7 Å². The van der Waals surface area contributed by atoms with Crippen LogP contribution in [-0.4, -0.2) is 35.6 Å². The second-order valence-corrected chi connectivity index (χ2v) is 2.70. The molecule has 0 aromatic heterocycles. The molecule has 0 amide bonds. The summed E-state index contributed by atoms with van der Waals surface area (Å²) in [6.07, 6.45) is 0.158. The fourth-order valence-electron chi connectivity index (χ4n) is 1.15. The Morgan fingerprint density at radius 1 is 1.15 bits per heavy atom. The van der Waals surface area contributed by atoms with Gasteiger partial charge in [0.15, 0.2) is 0 Å². The summed E-state index contributed by atoms with van der Waals surface area (Å²) in [6.45, 7) is 1.27. The molecule has 0 spiro atoms. The Balaban J connectivity index is 2.22. The lowest BCUT2D eigenvalue weighted by Crippen LogP contribution is -2.33. The fraction of sp³-hybridized carbons (Fsp3) is 0.714. The molecule has 0 saturated carbocycles. The van der Waals surface area contributed by atoms with Crippen molar-refractivity contribution in [2.24, 2.45) is 0 Å². The van der Waals surface area contributed by atoms with Crippen LogP contribution in [0.5, 0.6) is 0 Å². The monoisotopic (exact) mass is 189 g/mol. The van der Waals surface area contributed by atoms with Gasteiger partial charge in [0.05, 0.1) is 0 Å². The third-order valence-electron chi connectivity index (χ3n) is 1.69. The quantitative estimate of drug-likeness (QED) is 0.493. The summed E-state index contributed by atoms with van der Waals surface area (Å²) in [5.74, 6) is 0. The standard InChI is InChI=1S/C7H11NO5/c9-6(10)12-7(11)13-8-4-2-1-3-5-8/h1-5H2,(H,9,10). The topological polar surface area (TPSA) is 76.1 Å². The van der Waals surface area contributed by atoms with Crippen LogP contribution < -0.4 is 0 Å². The molecule has 0 unspecified atom stereocenters. The molecule has 1 aliphatic rings. The third kappa shape index (κ3) is 3.75. The molecule has 0 atom stereocenters. The van der Waals surface area contributed by atoms with Crippen LogP contribution in [0.15, 0.2) is 0 Å². The normalized spacial score (nSPS) is 17.8. The number of hydrogen-bond donors (Lipinski definition) is 1. The predicted molar refractivity (Wildman–Crippen MR) is 41.0 cm³/mol. The Bertz CT molecular complexity index is 199. The maximum Gasteiger partial charge on any atom is 0.538 e. The summed E-state index contributed by atoms with van der Waals surface area (Å²) < 4.78 is 3.77. The molecule has 1 N–H and O–H groups in total. The number of rotatable bonds is 1. The minimum atomic E-state index is -1.65. The van der Waals surface area contributed by atoms with Crippen LogP contribution in [-0.2, 0) is 9.57 Å². The largest absolute Gasteiger partial charge is 0.538 e. The van der Waals surface area contributed by atoms with Crippen LogP contribution in [0.4, 0.5) is 9.59 Å². The smallest absolute Gasteiger partial charge is 0.449 e. The number of hydrogen-bond acceptors (Lipinski definition) is 5. The van der Waals surface area contributed by atoms with Gasteiger partial charge in [-0.3, -0.25) is 0 Å². The van der Waals surface area contributed by atoms with Crippen molar-refractivity contribution in [1.29, 1.82) is 0 Å². The van der Waals surface area contributed by atoms with Crippen molar-refractivity contribution in [2.75, 3.05) is 13.1 Å². The van der Waals surface area contributed by atoms with Crippen molar-refractivity contribution in [3.8, 4) is 0 Å². The van der Waals surface area contributed by atoms with E-state index in [1.165, 1.54) is 5.06 Å². The number of carbonyl (C=O) groups excluding carboxylic acids is 1. The van der Waals surface area contributed by atoms with Gasteiger partial charge >= 0.3 is 12.3 Å². The van der Waals surface area contributed by atoms with Gasteiger partial charge in [0, 0.05) is 13.1 Å². The molecule has 1 fully saturated rings. The zero-order valence-corrected chi connectivity index (χ0v) is 7.06. The Morgan fingerprint density at radius 2 is 1.77 bits per heavy atom. The zero-order chi connectivity index (χ0) is 9.68. The van der Waals surface area contributed by atoms with Gasteiger partial charge in [-0.1, -0.05) is 6.42 Å². The highest BCUT2D eigenvalue weighted by Crippen LogP contribution is 2.09. The van der Waals surface area contributed by atoms with Gasteiger partial charge in [-0.15, -0.1) is 5.06 Å². The third-order valence-corrected chi connectivity index (χ3v) is 1.69. The molecule has 6 heteroatoms. The van der Waals surface area contributed by atoms with Crippen molar-refractivity contribution >= 4 is 12.3 Å². The molecule has 1 heterocycles. The summed E-state index contributed by atoms with van der Waals surface area (Å²) in [5.41, 5.74) is 0. The molecule has 74 valence electrons. The van der Waals surface area contributed by atoms with Gasteiger partial charge in [0.25, 0.3) is 0 Å². The van der Waals surface area contributed by atoms with E-state index in [0.717, 1.165) is 19.3 Å². The van der Waals surface area contributed by atoms with Gasteiger partial charge in [0.1, 0.15) is 0 Å². The van der Waals surface area contributed by atoms with Crippen LogP contribution in [0.25, 0.3) is 0 Å². The first-order valence-corrected chi connectivity index (χ1v) is 4.06. The first-order valence-electron chi connectivity index (χ1n) is 4.06. The summed E-state index contributed by atoms with van der Waals surface area (Å²) in [4.78, 5) is 25.2. The Morgan fingerprint density at radius 3 is 2.31 bits per heavy atom. The molecule has 0 aliphatic carbocycles. The van der Waals surface area contributed by atoms with Gasteiger partial charge in [-0.2, -0.15) is 0 Å². The van der Waals surface area contributed by atoms with E-state index in [-0.39, 0.29) is 0 Å². The van der Waals surface area contributed by atoms with Crippen molar-refractivity contribution in [3.63, 3.8) is 0 Å². The minimum absolute atomic E-state index is 0.634. The average Bonchev–Trinajstić information content (AvgIpc) is 2.04. The molecule has 1 rings (SSSR count). The molecule has 13 heavy (non-hydrogen) atoms. The lowest BCUT2D eigenvalue weighted by molar-refractivity contribution is -0.131. The lowest BCUT2D eigenvalue weighted by Gasteiger charge is -2.23. The van der Waals surface area contributed by atoms with E-state index in [1.54, 1.807) is 0 Å². The molecule has 0 radical (unpaired) electrons. The number of ether oxygens (including phenoxy) is 1. The molecule has 1 aliphatic heterocycles.